The molecule has 4 N–H and O–H groups in total. The second-order valence-corrected chi connectivity index (χ2v) is 3.31. The van der Waals surface area contributed by atoms with Crippen LogP contribution in [-0.4, -0.2) is 5.96 Å². The highest BCUT2D eigenvalue weighted by atomic mass is 79.9. The normalized spacial score (nSPS) is 9.00. The van der Waals surface area contributed by atoms with Crippen molar-refractivity contribution in [3.05, 3.63) is 34.1 Å². The van der Waals surface area contributed by atoms with Gasteiger partial charge in [-0.05, 0) is 22.0 Å². The minimum atomic E-state index is -0.326. The Hall–Kier alpha value is -0.810. The van der Waals surface area contributed by atoms with Gasteiger partial charge in [-0.2, -0.15) is 0 Å². The number of halogens is 3. The molecule has 1 rings (SSSR count). The van der Waals surface area contributed by atoms with Crippen molar-refractivity contribution in [2.75, 3.05) is 0 Å². The summed E-state index contributed by atoms with van der Waals surface area (Å²) < 4.78 is 13.7. The second kappa shape index (κ2) is 5.82. The molecule has 0 aliphatic carbocycles. The van der Waals surface area contributed by atoms with Crippen LogP contribution < -0.4 is 11.5 Å². The minimum absolute atomic E-state index is 0. The minimum Gasteiger partial charge on any atom is -0.370 e. The van der Waals surface area contributed by atoms with Gasteiger partial charge in [0, 0.05) is 5.56 Å². The van der Waals surface area contributed by atoms with Gasteiger partial charge >= 0.3 is 0 Å². The van der Waals surface area contributed by atoms with E-state index in [1.807, 2.05) is 0 Å². The molecular formula is C8H10BrClFN3. The number of rotatable bonds is 2. The Morgan fingerprint density at radius 1 is 1.43 bits per heavy atom. The SMILES string of the molecule is Cl.NC(N)=NCc1cccc(Br)c1F. The first-order chi connectivity index (χ1) is 6.11. The lowest BCUT2D eigenvalue weighted by Crippen LogP contribution is -2.22. The first kappa shape index (κ1) is 13.2. The van der Waals surface area contributed by atoms with Gasteiger partial charge in [0.1, 0.15) is 5.82 Å². The Labute approximate surface area is 95.9 Å². The molecule has 6 heteroatoms. The van der Waals surface area contributed by atoms with Gasteiger partial charge in [-0.15, -0.1) is 12.4 Å². The van der Waals surface area contributed by atoms with Crippen molar-refractivity contribution in [1.29, 1.82) is 0 Å². The molecule has 0 saturated heterocycles. The number of hydrogen-bond donors (Lipinski definition) is 2. The fourth-order valence-electron chi connectivity index (χ4n) is 0.847. The average Bonchev–Trinajstić information content (AvgIpc) is 2.07. The van der Waals surface area contributed by atoms with Gasteiger partial charge < -0.3 is 11.5 Å². The van der Waals surface area contributed by atoms with Crippen LogP contribution in [0.2, 0.25) is 0 Å². The maximum atomic E-state index is 13.3. The quantitative estimate of drug-likeness (QED) is 0.641. The Morgan fingerprint density at radius 3 is 2.64 bits per heavy atom. The van der Waals surface area contributed by atoms with Gasteiger partial charge in [-0.25, -0.2) is 9.38 Å². The monoisotopic (exact) mass is 281 g/mol. The molecule has 0 radical (unpaired) electrons. The summed E-state index contributed by atoms with van der Waals surface area (Å²) in [5.41, 5.74) is 10.7. The second-order valence-electron chi connectivity index (χ2n) is 2.45. The molecule has 0 amide bonds. The van der Waals surface area contributed by atoms with Gasteiger partial charge in [-0.1, -0.05) is 12.1 Å². The van der Waals surface area contributed by atoms with Crippen LogP contribution in [0.15, 0.2) is 27.7 Å². The van der Waals surface area contributed by atoms with Crippen molar-refractivity contribution < 1.29 is 4.39 Å². The summed E-state index contributed by atoms with van der Waals surface area (Å²) in [5.74, 6) is -0.369. The third-order valence-electron chi connectivity index (χ3n) is 1.46. The van der Waals surface area contributed by atoms with Crippen molar-refractivity contribution in [3.63, 3.8) is 0 Å². The summed E-state index contributed by atoms with van der Waals surface area (Å²) in [5, 5.41) is 0. The van der Waals surface area contributed by atoms with Crippen LogP contribution in [-0.2, 0) is 6.54 Å². The molecule has 0 bridgehead atoms. The number of benzene rings is 1. The maximum Gasteiger partial charge on any atom is 0.186 e. The molecule has 0 aliphatic heterocycles. The van der Waals surface area contributed by atoms with E-state index in [9.17, 15) is 4.39 Å². The Balaban J connectivity index is 0.00000169. The van der Waals surface area contributed by atoms with Crippen molar-refractivity contribution in [1.82, 2.24) is 0 Å². The van der Waals surface area contributed by atoms with E-state index < -0.39 is 0 Å². The molecular weight excluding hydrogens is 272 g/mol. The van der Waals surface area contributed by atoms with Gasteiger partial charge in [-0.3, -0.25) is 0 Å². The van der Waals surface area contributed by atoms with Gasteiger partial charge in [0.2, 0.25) is 0 Å². The molecule has 0 unspecified atom stereocenters. The van der Waals surface area contributed by atoms with E-state index in [1.165, 1.54) is 0 Å². The van der Waals surface area contributed by atoms with Crippen LogP contribution in [0.25, 0.3) is 0 Å². The molecule has 1 aromatic rings. The predicted molar refractivity (Wildman–Crippen MR) is 60.9 cm³/mol. The van der Waals surface area contributed by atoms with Crippen LogP contribution >= 0.6 is 28.3 Å². The Bertz CT molecular complexity index is 339. The molecule has 0 saturated carbocycles. The lowest BCUT2D eigenvalue weighted by atomic mass is 10.2. The van der Waals surface area contributed by atoms with Crippen LogP contribution in [0.4, 0.5) is 4.39 Å². The highest BCUT2D eigenvalue weighted by molar-refractivity contribution is 9.10. The molecule has 0 atom stereocenters. The Kier molecular flexibility index (Phi) is 5.49. The summed E-state index contributed by atoms with van der Waals surface area (Å²) in [6.07, 6.45) is 0. The summed E-state index contributed by atoms with van der Waals surface area (Å²) >= 11 is 3.07. The van der Waals surface area contributed by atoms with Gasteiger partial charge in [0.25, 0.3) is 0 Å². The van der Waals surface area contributed by atoms with E-state index in [0.717, 1.165) is 0 Å². The van der Waals surface area contributed by atoms with Crippen LogP contribution in [0, 0.1) is 5.82 Å². The highest BCUT2D eigenvalue weighted by Gasteiger charge is 2.04. The molecule has 3 nitrogen and oxygen atoms in total. The van der Waals surface area contributed by atoms with Crippen LogP contribution in [0.1, 0.15) is 5.56 Å². The smallest absolute Gasteiger partial charge is 0.186 e. The molecule has 0 aliphatic rings. The average molecular weight is 283 g/mol. The van der Waals surface area contributed by atoms with E-state index in [-0.39, 0.29) is 30.7 Å². The van der Waals surface area contributed by atoms with E-state index in [0.29, 0.717) is 10.0 Å². The summed E-state index contributed by atoms with van der Waals surface area (Å²) in [4.78, 5) is 3.71. The van der Waals surface area contributed by atoms with E-state index in [2.05, 4.69) is 20.9 Å². The zero-order valence-corrected chi connectivity index (χ0v) is 9.61. The van der Waals surface area contributed by atoms with Crippen molar-refractivity contribution in [2.24, 2.45) is 16.5 Å². The fourth-order valence-corrected chi connectivity index (χ4v) is 1.25. The third kappa shape index (κ3) is 3.51. The summed E-state index contributed by atoms with van der Waals surface area (Å²) in [6, 6.07) is 4.98. The number of hydrogen-bond acceptors (Lipinski definition) is 1. The van der Waals surface area contributed by atoms with Crippen molar-refractivity contribution in [2.45, 2.75) is 6.54 Å². The number of guanidine groups is 1. The molecule has 0 heterocycles. The number of nitrogens with zero attached hydrogens (tertiary/aromatic N) is 1. The summed E-state index contributed by atoms with van der Waals surface area (Å²) in [6.45, 7) is 0.160. The van der Waals surface area contributed by atoms with Gasteiger partial charge in [0.15, 0.2) is 5.96 Å². The van der Waals surface area contributed by atoms with E-state index in [4.69, 9.17) is 11.5 Å². The fraction of sp³-hybridized carbons (Fsp3) is 0.125. The van der Waals surface area contributed by atoms with Crippen molar-refractivity contribution >= 4 is 34.3 Å². The van der Waals surface area contributed by atoms with Crippen molar-refractivity contribution in [3.8, 4) is 0 Å². The standard InChI is InChI=1S/C8H9BrFN3.ClH/c9-6-3-1-2-5(7(6)10)4-13-8(11)12;/h1-3H,4H2,(H4,11,12,13);1H. The zero-order chi connectivity index (χ0) is 9.84. The molecule has 0 fully saturated rings. The number of nitrogens with two attached hydrogens (primary N) is 2. The van der Waals surface area contributed by atoms with E-state index >= 15 is 0 Å². The molecule has 78 valence electrons. The molecule has 14 heavy (non-hydrogen) atoms. The Morgan fingerprint density at radius 2 is 2.07 bits per heavy atom. The highest BCUT2D eigenvalue weighted by Crippen LogP contribution is 2.18. The first-order valence-corrected chi connectivity index (χ1v) is 4.39. The molecule has 1 aromatic carbocycles. The van der Waals surface area contributed by atoms with E-state index in [1.54, 1.807) is 18.2 Å². The molecule has 0 spiro atoms. The predicted octanol–water partition coefficient (Wildman–Crippen LogP) is 1.78. The van der Waals surface area contributed by atoms with Gasteiger partial charge in [0.05, 0.1) is 11.0 Å². The third-order valence-corrected chi connectivity index (χ3v) is 2.08. The zero-order valence-electron chi connectivity index (χ0n) is 7.21. The van der Waals surface area contributed by atoms with Crippen LogP contribution in [0.3, 0.4) is 0 Å². The first-order valence-electron chi connectivity index (χ1n) is 3.59. The topological polar surface area (TPSA) is 64.4 Å². The lowest BCUT2D eigenvalue weighted by Gasteiger charge is -2.00. The summed E-state index contributed by atoms with van der Waals surface area (Å²) in [7, 11) is 0. The molecule has 0 aromatic heterocycles. The van der Waals surface area contributed by atoms with Crippen LogP contribution in [0.5, 0.6) is 0 Å². The lowest BCUT2D eigenvalue weighted by molar-refractivity contribution is 0.604. The maximum absolute atomic E-state index is 13.3. The number of aliphatic imine (C=N–C) groups is 1. The largest absolute Gasteiger partial charge is 0.370 e.